The number of anilines is 1. The smallest absolute Gasteiger partial charge is 0.176 e. The third-order valence-electron chi connectivity index (χ3n) is 3.13. The molecule has 20 heavy (non-hydrogen) atoms. The van der Waals surface area contributed by atoms with E-state index in [1.165, 1.54) is 5.56 Å². The Kier molecular flexibility index (Phi) is 3.32. The summed E-state index contributed by atoms with van der Waals surface area (Å²) in [5.41, 5.74) is 9.96. The standard InChI is InChI=1S/C16H13BrN2O/c1-10-3-2-4-12(9-10)14-15(20-19-16(14)18)11-5-7-13(17)8-6-11/h2-9H,1H3,(H2,18,19). The fourth-order valence-corrected chi connectivity index (χ4v) is 2.44. The van der Waals surface area contributed by atoms with Crippen LogP contribution in [0.3, 0.4) is 0 Å². The van der Waals surface area contributed by atoms with Gasteiger partial charge in [0.1, 0.15) is 0 Å². The molecule has 2 N–H and O–H groups in total. The maximum absolute atomic E-state index is 5.98. The van der Waals surface area contributed by atoms with Gasteiger partial charge in [-0.2, -0.15) is 0 Å². The van der Waals surface area contributed by atoms with E-state index in [9.17, 15) is 0 Å². The molecule has 0 aliphatic carbocycles. The monoisotopic (exact) mass is 328 g/mol. The Bertz CT molecular complexity index is 747. The largest absolute Gasteiger partial charge is 0.380 e. The van der Waals surface area contributed by atoms with E-state index < -0.39 is 0 Å². The van der Waals surface area contributed by atoms with E-state index >= 15 is 0 Å². The summed E-state index contributed by atoms with van der Waals surface area (Å²) in [7, 11) is 0. The van der Waals surface area contributed by atoms with Gasteiger partial charge in [-0.1, -0.05) is 50.9 Å². The summed E-state index contributed by atoms with van der Waals surface area (Å²) >= 11 is 3.43. The van der Waals surface area contributed by atoms with Crippen LogP contribution in [0.4, 0.5) is 5.82 Å². The van der Waals surface area contributed by atoms with E-state index in [0.29, 0.717) is 11.6 Å². The Hall–Kier alpha value is -2.07. The number of halogens is 1. The molecule has 0 spiro atoms. The molecule has 0 bridgehead atoms. The van der Waals surface area contributed by atoms with Crippen molar-refractivity contribution in [3.63, 3.8) is 0 Å². The normalized spacial score (nSPS) is 10.7. The van der Waals surface area contributed by atoms with Crippen molar-refractivity contribution in [1.82, 2.24) is 5.16 Å². The lowest BCUT2D eigenvalue weighted by Gasteiger charge is -2.04. The van der Waals surface area contributed by atoms with Crippen LogP contribution in [0.2, 0.25) is 0 Å². The van der Waals surface area contributed by atoms with Crippen LogP contribution in [0.5, 0.6) is 0 Å². The second-order valence-corrected chi connectivity index (χ2v) is 5.56. The average molecular weight is 329 g/mol. The number of nitrogen functional groups attached to an aromatic ring is 1. The molecule has 3 rings (SSSR count). The average Bonchev–Trinajstić information content (AvgIpc) is 2.81. The van der Waals surface area contributed by atoms with Gasteiger partial charge in [-0.25, -0.2) is 0 Å². The van der Waals surface area contributed by atoms with Crippen LogP contribution in [0.25, 0.3) is 22.5 Å². The lowest BCUT2D eigenvalue weighted by molar-refractivity contribution is 0.436. The quantitative estimate of drug-likeness (QED) is 0.744. The van der Waals surface area contributed by atoms with Gasteiger partial charge in [0.05, 0.1) is 5.56 Å². The highest BCUT2D eigenvalue weighted by Crippen LogP contribution is 2.37. The van der Waals surface area contributed by atoms with Crippen molar-refractivity contribution < 1.29 is 4.52 Å². The lowest BCUT2D eigenvalue weighted by Crippen LogP contribution is -1.89. The summed E-state index contributed by atoms with van der Waals surface area (Å²) in [6.07, 6.45) is 0. The second kappa shape index (κ2) is 5.13. The Morgan fingerprint density at radius 3 is 2.50 bits per heavy atom. The Balaban J connectivity index is 2.17. The van der Waals surface area contributed by atoms with Crippen molar-refractivity contribution in [1.29, 1.82) is 0 Å². The minimum absolute atomic E-state index is 0.411. The Morgan fingerprint density at radius 2 is 1.80 bits per heavy atom. The maximum atomic E-state index is 5.98. The second-order valence-electron chi connectivity index (χ2n) is 4.65. The van der Waals surface area contributed by atoms with Gasteiger partial charge in [-0.15, -0.1) is 0 Å². The molecule has 1 aromatic heterocycles. The minimum atomic E-state index is 0.411. The summed E-state index contributed by atoms with van der Waals surface area (Å²) < 4.78 is 6.44. The van der Waals surface area contributed by atoms with E-state index in [-0.39, 0.29) is 0 Å². The Labute approximate surface area is 125 Å². The number of nitrogens with zero attached hydrogens (tertiary/aromatic N) is 1. The molecule has 0 saturated heterocycles. The highest BCUT2D eigenvalue weighted by atomic mass is 79.9. The highest BCUT2D eigenvalue weighted by molar-refractivity contribution is 9.10. The van der Waals surface area contributed by atoms with Crippen LogP contribution in [-0.4, -0.2) is 5.16 Å². The van der Waals surface area contributed by atoms with E-state index in [2.05, 4.69) is 27.2 Å². The molecule has 100 valence electrons. The number of nitrogens with two attached hydrogens (primary N) is 1. The summed E-state index contributed by atoms with van der Waals surface area (Å²) in [6.45, 7) is 2.05. The number of aromatic nitrogens is 1. The van der Waals surface area contributed by atoms with E-state index in [1.54, 1.807) is 0 Å². The zero-order valence-corrected chi connectivity index (χ0v) is 12.5. The van der Waals surface area contributed by atoms with E-state index in [4.69, 9.17) is 10.3 Å². The molecule has 1 heterocycles. The third-order valence-corrected chi connectivity index (χ3v) is 3.66. The molecule has 0 atom stereocenters. The number of hydrogen-bond donors (Lipinski definition) is 1. The molecule has 2 aromatic carbocycles. The van der Waals surface area contributed by atoms with Crippen LogP contribution in [0.15, 0.2) is 57.5 Å². The van der Waals surface area contributed by atoms with Crippen LogP contribution < -0.4 is 5.73 Å². The zero-order valence-electron chi connectivity index (χ0n) is 10.9. The summed E-state index contributed by atoms with van der Waals surface area (Å²) in [6, 6.07) is 16.0. The van der Waals surface area contributed by atoms with Crippen molar-refractivity contribution in [3.05, 3.63) is 58.6 Å². The fourth-order valence-electron chi connectivity index (χ4n) is 2.18. The lowest BCUT2D eigenvalue weighted by atomic mass is 10.0. The zero-order chi connectivity index (χ0) is 14.1. The SMILES string of the molecule is Cc1cccc(-c2c(N)noc2-c2ccc(Br)cc2)c1. The number of aryl methyl sites for hydroxylation is 1. The highest BCUT2D eigenvalue weighted by Gasteiger charge is 2.17. The number of benzene rings is 2. The number of rotatable bonds is 2. The van der Waals surface area contributed by atoms with E-state index in [0.717, 1.165) is 21.2 Å². The van der Waals surface area contributed by atoms with E-state index in [1.807, 2.05) is 49.4 Å². The molecule has 0 aliphatic heterocycles. The van der Waals surface area contributed by atoms with Gasteiger partial charge in [-0.05, 0) is 36.8 Å². The van der Waals surface area contributed by atoms with Gasteiger partial charge in [0.2, 0.25) is 0 Å². The van der Waals surface area contributed by atoms with Crippen LogP contribution in [-0.2, 0) is 0 Å². The third kappa shape index (κ3) is 2.34. The van der Waals surface area contributed by atoms with Gasteiger partial charge in [-0.3, -0.25) is 0 Å². The van der Waals surface area contributed by atoms with Crippen molar-refractivity contribution >= 4 is 21.7 Å². The van der Waals surface area contributed by atoms with Crippen LogP contribution in [0.1, 0.15) is 5.56 Å². The van der Waals surface area contributed by atoms with Gasteiger partial charge in [0, 0.05) is 10.0 Å². The van der Waals surface area contributed by atoms with Crippen molar-refractivity contribution in [2.24, 2.45) is 0 Å². The van der Waals surface area contributed by atoms with Crippen LogP contribution in [0, 0.1) is 6.92 Å². The number of hydrogen-bond acceptors (Lipinski definition) is 3. The molecule has 0 fully saturated rings. The topological polar surface area (TPSA) is 52.0 Å². The van der Waals surface area contributed by atoms with Crippen molar-refractivity contribution in [3.8, 4) is 22.5 Å². The first-order chi connectivity index (χ1) is 9.65. The molecule has 0 aliphatic rings. The van der Waals surface area contributed by atoms with Gasteiger partial charge in [0.25, 0.3) is 0 Å². The van der Waals surface area contributed by atoms with Crippen molar-refractivity contribution in [2.75, 3.05) is 5.73 Å². The fraction of sp³-hybridized carbons (Fsp3) is 0.0625. The molecule has 3 nitrogen and oxygen atoms in total. The Morgan fingerprint density at radius 1 is 1.05 bits per heavy atom. The molecule has 0 radical (unpaired) electrons. The first kappa shape index (κ1) is 12.9. The molecular weight excluding hydrogens is 316 g/mol. The minimum Gasteiger partial charge on any atom is -0.380 e. The first-order valence-corrected chi connectivity index (χ1v) is 7.02. The molecule has 0 saturated carbocycles. The predicted molar refractivity (Wildman–Crippen MR) is 84.2 cm³/mol. The summed E-state index contributed by atoms with van der Waals surface area (Å²) in [5, 5.41) is 3.91. The van der Waals surface area contributed by atoms with Gasteiger partial charge < -0.3 is 10.3 Å². The van der Waals surface area contributed by atoms with Crippen molar-refractivity contribution in [2.45, 2.75) is 6.92 Å². The molecule has 0 amide bonds. The molecule has 4 heteroatoms. The van der Waals surface area contributed by atoms with Gasteiger partial charge in [0.15, 0.2) is 11.6 Å². The first-order valence-electron chi connectivity index (χ1n) is 6.23. The predicted octanol–water partition coefficient (Wildman–Crippen LogP) is 4.66. The molecule has 3 aromatic rings. The molecule has 0 unspecified atom stereocenters. The summed E-state index contributed by atoms with van der Waals surface area (Å²) in [5.74, 6) is 1.11. The molecular formula is C16H13BrN2O. The summed E-state index contributed by atoms with van der Waals surface area (Å²) in [4.78, 5) is 0. The van der Waals surface area contributed by atoms with Gasteiger partial charge >= 0.3 is 0 Å². The van der Waals surface area contributed by atoms with Crippen LogP contribution >= 0.6 is 15.9 Å². The maximum Gasteiger partial charge on any atom is 0.176 e.